The van der Waals surface area contributed by atoms with E-state index in [2.05, 4.69) is 15.9 Å². The number of fused-ring (bicyclic) bond motifs is 1. The van der Waals surface area contributed by atoms with E-state index in [1.54, 1.807) is 12.1 Å². The lowest BCUT2D eigenvalue weighted by Gasteiger charge is -2.12. The van der Waals surface area contributed by atoms with Crippen LogP contribution >= 0.6 is 27.3 Å². The maximum atomic E-state index is 13.9. The minimum atomic E-state index is -3.14. The van der Waals surface area contributed by atoms with Gasteiger partial charge in [-0.2, -0.15) is 0 Å². The van der Waals surface area contributed by atoms with Crippen molar-refractivity contribution in [3.8, 4) is 5.75 Å². The number of carboxylic acid groups (broad SMARTS) is 1. The van der Waals surface area contributed by atoms with E-state index in [0.29, 0.717) is 20.3 Å². The van der Waals surface area contributed by atoms with Gasteiger partial charge in [-0.15, -0.1) is 11.3 Å². The fourth-order valence-electron chi connectivity index (χ4n) is 1.76. The molecular weight excluding hydrogens is 354 g/mol. The topological polar surface area (TPSA) is 46.5 Å². The Labute approximate surface area is 126 Å². The van der Waals surface area contributed by atoms with Crippen LogP contribution in [0.4, 0.5) is 8.78 Å². The number of hydrogen-bond donors (Lipinski definition) is 1. The van der Waals surface area contributed by atoms with Crippen molar-refractivity contribution in [2.75, 3.05) is 7.11 Å². The molecule has 1 aromatic heterocycles. The van der Waals surface area contributed by atoms with Gasteiger partial charge < -0.3 is 9.84 Å². The molecule has 1 heterocycles. The van der Waals surface area contributed by atoms with Gasteiger partial charge in [0.05, 0.1) is 22.9 Å². The number of hydrogen-bond acceptors (Lipinski definition) is 3. The first-order valence-electron chi connectivity index (χ1n) is 5.70. The molecule has 2 rings (SSSR count). The molecule has 0 aliphatic carbocycles. The summed E-state index contributed by atoms with van der Waals surface area (Å²) in [6, 6.07) is 4.79. The highest BCUT2D eigenvalue weighted by Crippen LogP contribution is 2.42. The molecule has 0 fully saturated rings. The Hall–Kier alpha value is -1.21. The maximum absolute atomic E-state index is 13.9. The molecular formula is C13H11BrF2O3S. The largest absolute Gasteiger partial charge is 0.496 e. The SMILES string of the molecule is COc1cc2sc(C(F)(F)CCC(=O)O)cc2cc1Br. The zero-order valence-corrected chi connectivity index (χ0v) is 12.9. The van der Waals surface area contributed by atoms with Crippen LogP contribution < -0.4 is 4.74 Å². The van der Waals surface area contributed by atoms with Gasteiger partial charge >= 0.3 is 5.97 Å². The predicted molar refractivity (Wildman–Crippen MR) is 76.8 cm³/mol. The highest BCUT2D eigenvalue weighted by molar-refractivity contribution is 9.10. The van der Waals surface area contributed by atoms with E-state index in [9.17, 15) is 13.6 Å². The summed E-state index contributed by atoms with van der Waals surface area (Å²) < 4.78 is 34.4. The molecule has 108 valence electrons. The number of alkyl halides is 2. The summed E-state index contributed by atoms with van der Waals surface area (Å²) in [6.45, 7) is 0. The second kappa shape index (κ2) is 5.65. The number of ether oxygens (including phenoxy) is 1. The minimum absolute atomic E-state index is 0.131. The Bertz CT molecular complexity index is 654. The fourth-order valence-corrected chi connectivity index (χ4v) is 3.36. The third-order valence-corrected chi connectivity index (χ3v) is 4.63. The van der Waals surface area contributed by atoms with Crippen molar-refractivity contribution in [1.82, 2.24) is 0 Å². The van der Waals surface area contributed by atoms with Crippen LogP contribution in [0.1, 0.15) is 17.7 Å². The summed E-state index contributed by atoms with van der Waals surface area (Å²) in [7, 11) is 1.50. The van der Waals surface area contributed by atoms with E-state index in [1.807, 2.05) is 0 Å². The van der Waals surface area contributed by atoms with Crippen molar-refractivity contribution in [1.29, 1.82) is 0 Å². The molecule has 0 radical (unpaired) electrons. The maximum Gasteiger partial charge on any atom is 0.303 e. The Kier molecular flexibility index (Phi) is 4.29. The van der Waals surface area contributed by atoms with E-state index in [4.69, 9.17) is 9.84 Å². The van der Waals surface area contributed by atoms with Crippen molar-refractivity contribution >= 4 is 43.3 Å². The van der Waals surface area contributed by atoms with Crippen LogP contribution in [0.25, 0.3) is 10.1 Å². The van der Waals surface area contributed by atoms with Gasteiger partial charge in [-0.05, 0) is 39.5 Å². The van der Waals surface area contributed by atoms with Gasteiger partial charge in [0.2, 0.25) is 0 Å². The lowest BCUT2D eigenvalue weighted by Crippen LogP contribution is -2.13. The predicted octanol–water partition coefficient (Wildman–Crippen LogP) is 4.63. The van der Waals surface area contributed by atoms with E-state index in [1.165, 1.54) is 13.2 Å². The zero-order chi connectivity index (χ0) is 14.9. The van der Waals surface area contributed by atoms with Gasteiger partial charge in [0, 0.05) is 11.1 Å². The first kappa shape index (κ1) is 15.2. The number of aliphatic carboxylic acids is 1. The van der Waals surface area contributed by atoms with Crippen LogP contribution in [0.3, 0.4) is 0 Å². The molecule has 7 heteroatoms. The van der Waals surface area contributed by atoms with Crippen LogP contribution in [0.5, 0.6) is 5.75 Å². The highest BCUT2D eigenvalue weighted by Gasteiger charge is 2.34. The smallest absolute Gasteiger partial charge is 0.303 e. The van der Waals surface area contributed by atoms with E-state index in [-0.39, 0.29) is 4.88 Å². The number of rotatable bonds is 5. The Morgan fingerprint density at radius 2 is 2.15 bits per heavy atom. The van der Waals surface area contributed by atoms with Gasteiger partial charge in [-0.3, -0.25) is 4.79 Å². The van der Waals surface area contributed by atoms with Gasteiger partial charge in [0.1, 0.15) is 5.75 Å². The molecule has 0 bridgehead atoms. The van der Waals surface area contributed by atoms with E-state index < -0.39 is 24.7 Å². The Balaban J connectivity index is 2.38. The number of carboxylic acids is 1. The summed E-state index contributed by atoms with van der Waals surface area (Å²) in [6.07, 6.45) is -1.26. The quantitative estimate of drug-likeness (QED) is 0.841. The zero-order valence-electron chi connectivity index (χ0n) is 10.5. The lowest BCUT2D eigenvalue weighted by atomic mass is 10.1. The summed E-state index contributed by atoms with van der Waals surface area (Å²) in [5.74, 6) is -3.79. The molecule has 0 amide bonds. The van der Waals surface area contributed by atoms with Crippen LogP contribution in [0, 0.1) is 0 Å². The normalized spacial score (nSPS) is 11.8. The number of carbonyl (C=O) groups is 1. The summed E-state index contributed by atoms with van der Waals surface area (Å²) in [5.41, 5.74) is 0. The van der Waals surface area contributed by atoms with Crippen molar-refractivity contribution in [2.24, 2.45) is 0 Å². The van der Waals surface area contributed by atoms with E-state index >= 15 is 0 Å². The molecule has 0 saturated carbocycles. The Morgan fingerprint density at radius 1 is 1.45 bits per heavy atom. The van der Waals surface area contributed by atoms with Crippen LogP contribution in [0.2, 0.25) is 0 Å². The molecule has 0 unspecified atom stereocenters. The van der Waals surface area contributed by atoms with Gasteiger partial charge in [-0.1, -0.05) is 0 Å². The standard InChI is InChI=1S/C13H11BrF2O3S/c1-19-9-6-10-7(4-8(9)14)5-11(20-10)13(15,16)3-2-12(17)18/h4-6H,2-3H2,1H3,(H,17,18). The first-order valence-corrected chi connectivity index (χ1v) is 7.31. The molecule has 0 atom stereocenters. The second-order valence-electron chi connectivity index (χ2n) is 4.23. The molecule has 0 aliphatic rings. The van der Waals surface area contributed by atoms with Crippen molar-refractivity contribution in [3.05, 3.63) is 27.5 Å². The molecule has 1 aromatic carbocycles. The summed E-state index contributed by atoms with van der Waals surface area (Å²) in [4.78, 5) is 10.3. The number of halogens is 3. The molecule has 0 spiro atoms. The van der Waals surface area contributed by atoms with Crippen LogP contribution in [0.15, 0.2) is 22.7 Å². The van der Waals surface area contributed by atoms with Gasteiger partial charge in [0.15, 0.2) is 0 Å². The summed E-state index contributed by atoms with van der Waals surface area (Å²) in [5, 5.41) is 9.19. The molecule has 0 aliphatic heterocycles. The lowest BCUT2D eigenvalue weighted by molar-refractivity contribution is -0.139. The van der Waals surface area contributed by atoms with Gasteiger partial charge in [-0.25, -0.2) is 8.78 Å². The number of benzene rings is 1. The average molecular weight is 365 g/mol. The second-order valence-corrected chi connectivity index (χ2v) is 6.17. The number of methoxy groups -OCH3 is 1. The van der Waals surface area contributed by atoms with Crippen LogP contribution in [-0.4, -0.2) is 18.2 Å². The third kappa shape index (κ3) is 3.09. The minimum Gasteiger partial charge on any atom is -0.496 e. The van der Waals surface area contributed by atoms with Crippen LogP contribution in [-0.2, 0) is 10.7 Å². The summed E-state index contributed by atoms with van der Waals surface area (Å²) >= 11 is 4.25. The van der Waals surface area contributed by atoms with Gasteiger partial charge in [0.25, 0.3) is 5.92 Å². The van der Waals surface area contributed by atoms with E-state index in [0.717, 1.165) is 11.3 Å². The van der Waals surface area contributed by atoms with Crippen molar-refractivity contribution < 1.29 is 23.4 Å². The average Bonchev–Trinajstić information content (AvgIpc) is 2.79. The van der Waals surface area contributed by atoms with Crippen molar-refractivity contribution in [2.45, 2.75) is 18.8 Å². The molecule has 2 aromatic rings. The third-order valence-electron chi connectivity index (χ3n) is 2.80. The monoisotopic (exact) mass is 364 g/mol. The highest BCUT2D eigenvalue weighted by atomic mass is 79.9. The molecule has 1 N–H and O–H groups in total. The molecule has 0 saturated heterocycles. The first-order chi connectivity index (χ1) is 9.33. The number of thiophene rings is 1. The molecule has 20 heavy (non-hydrogen) atoms. The molecule has 3 nitrogen and oxygen atoms in total. The Morgan fingerprint density at radius 3 is 2.75 bits per heavy atom. The fraction of sp³-hybridized carbons (Fsp3) is 0.308. The van der Waals surface area contributed by atoms with Crippen molar-refractivity contribution in [3.63, 3.8) is 0 Å².